The number of aromatic nitrogens is 1. The van der Waals surface area contributed by atoms with Crippen molar-refractivity contribution in [1.29, 1.82) is 0 Å². The van der Waals surface area contributed by atoms with Gasteiger partial charge in [0.15, 0.2) is 0 Å². The van der Waals surface area contributed by atoms with Gasteiger partial charge < -0.3 is 19.3 Å². The number of nitrogens with zero attached hydrogens (tertiary/aromatic N) is 3. The minimum absolute atomic E-state index is 0.0104. The zero-order chi connectivity index (χ0) is 24.6. The summed E-state index contributed by atoms with van der Waals surface area (Å²) in [6.07, 6.45) is 1.26. The molecule has 180 valence electrons. The van der Waals surface area contributed by atoms with Gasteiger partial charge in [0.05, 0.1) is 23.2 Å². The molecule has 2 heterocycles. The molecular weight excluding hydrogens is 465 g/mol. The molecule has 0 spiro atoms. The van der Waals surface area contributed by atoms with E-state index in [0.29, 0.717) is 17.8 Å². The number of hydrogen-bond acceptors (Lipinski definition) is 6. The van der Waals surface area contributed by atoms with Gasteiger partial charge in [-0.15, -0.1) is 0 Å². The lowest BCUT2D eigenvalue weighted by molar-refractivity contribution is 0.0695. The summed E-state index contributed by atoms with van der Waals surface area (Å²) in [6, 6.07) is 8.71. The van der Waals surface area contributed by atoms with E-state index < -0.39 is 32.8 Å². The number of halogens is 1. The van der Waals surface area contributed by atoms with Crippen molar-refractivity contribution in [3.05, 3.63) is 64.2 Å². The van der Waals surface area contributed by atoms with Crippen molar-refractivity contribution < 1.29 is 27.4 Å². The van der Waals surface area contributed by atoms with E-state index in [1.807, 2.05) is 0 Å². The predicted octanol–water partition coefficient (Wildman–Crippen LogP) is 2.38. The van der Waals surface area contributed by atoms with Gasteiger partial charge in [-0.1, -0.05) is 0 Å². The maximum Gasteiger partial charge on any atom is 0.341 e. The molecule has 0 amide bonds. The number of carboxylic acids is 1. The van der Waals surface area contributed by atoms with Crippen molar-refractivity contribution >= 4 is 32.6 Å². The number of methoxy groups -OCH3 is 1. The van der Waals surface area contributed by atoms with Crippen molar-refractivity contribution in [2.75, 3.05) is 38.2 Å². The number of carbonyl (C=O) groups is 1. The normalized spacial score (nSPS) is 15.0. The van der Waals surface area contributed by atoms with Gasteiger partial charge in [0.25, 0.3) is 0 Å². The van der Waals surface area contributed by atoms with E-state index in [0.717, 1.165) is 6.07 Å². The van der Waals surface area contributed by atoms with Crippen LogP contribution in [0, 0.1) is 5.82 Å². The van der Waals surface area contributed by atoms with Gasteiger partial charge >= 0.3 is 5.97 Å². The summed E-state index contributed by atoms with van der Waals surface area (Å²) in [7, 11) is -2.21. The first-order chi connectivity index (χ1) is 16.2. The summed E-state index contributed by atoms with van der Waals surface area (Å²) in [6.45, 7) is 2.99. The second-order valence-corrected chi connectivity index (χ2v) is 9.79. The van der Waals surface area contributed by atoms with Gasteiger partial charge in [0.2, 0.25) is 15.5 Å². The lowest BCUT2D eigenvalue weighted by Gasteiger charge is -2.35. The van der Waals surface area contributed by atoms with Gasteiger partial charge in [-0.2, -0.15) is 4.31 Å². The van der Waals surface area contributed by atoms with Gasteiger partial charge in [0, 0.05) is 44.3 Å². The third-order valence-corrected chi connectivity index (χ3v) is 7.91. The summed E-state index contributed by atoms with van der Waals surface area (Å²) >= 11 is 0. The van der Waals surface area contributed by atoms with Crippen molar-refractivity contribution in [1.82, 2.24) is 8.87 Å². The zero-order valence-electron chi connectivity index (χ0n) is 18.7. The number of pyridine rings is 1. The molecule has 2 aromatic carbocycles. The van der Waals surface area contributed by atoms with Crippen molar-refractivity contribution in [2.45, 2.75) is 18.4 Å². The summed E-state index contributed by atoms with van der Waals surface area (Å²) in [4.78, 5) is 25.8. The highest BCUT2D eigenvalue weighted by atomic mass is 32.2. The third-order valence-electron chi connectivity index (χ3n) is 6.00. The van der Waals surface area contributed by atoms with E-state index in [4.69, 9.17) is 4.74 Å². The summed E-state index contributed by atoms with van der Waals surface area (Å²) < 4.78 is 49.0. The van der Waals surface area contributed by atoms with Gasteiger partial charge in [-0.3, -0.25) is 4.79 Å². The summed E-state index contributed by atoms with van der Waals surface area (Å²) in [5.41, 5.74) is -0.507. The third kappa shape index (κ3) is 4.12. The van der Waals surface area contributed by atoms with Crippen LogP contribution in [-0.2, 0) is 16.6 Å². The molecule has 0 saturated carbocycles. The van der Waals surface area contributed by atoms with E-state index in [-0.39, 0.29) is 42.1 Å². The standard InChI is InChI=1S/C23H24FN3O6S/c1-3-25-14-18(23(29)30)22(28)17-12-19(24)21(13-20(17)25)26-8-10-27(11-9-26)34(31,32)16-6-4-15(33-2)5-7-16/h4-7,12-14H,3,8-11H2,1-2H3,(H,29,30). The number of benzene rings is 2. The molecular formula is C23H24FN3O6S. The number of sulfonamides is 1. The first kappa shape index (κ1) is 23.7. The number of piperazine rings is 1. The smallest absolute Gasteiger partial charge is 0.341 e. The molecule has 0 aliphatic carbocycles. The first-order valence-electron chi connectivity index (χ1n) is 10.7. The molecule has 1 aromatic heterocycles. The van der Waals surface area contributed by atoms with Crippen molar-refractivity contribution in [3.63, 3.8) is 0 Å². The van der Waals surface area contributed by atoms with Crippen LogP contribution in [0.2, 0.25) is 0 Å². The second-order valence-electron chi connectivity index (χ2n) is 7.85. The maximum absolute atomic E-state index is 15.0. The highest BCUT2D eigenvalue weighted by Crippen LogP contribution is 2.28. The fourth-order valence-electron chi connectivity index (χ4n) is 4.12. The van der Waals surface area contributed by atoms with Crippen LogP contribution in [0.4, 0.5) is 10.1 Å². The highest BCUT2D eigenvalue weighted by molar-refractivity contribution is 7.89. The average Bonchev–Trinajstić information content (AvgIpc) is 2.84. The van der Waals surface area contributed by atoms with E-state index in [1.54, 1.807) is 28.5 Å². The lowest BCUT2D eigenvalue weighted by Crippen LogP contribution is -2.48. The number of ether oxygens (including phenoxy) is 1. The predicted molar refractivity (Wildman–Crippen MR) is 125 cm³/mol. The Morgan fingerprint density at radius 1 is 1.12 bits per heavy atom. The van der Waals surface area contributed by atoms with Crippen LogP contribution in [0.25, 0.3) is 10.9 Å². The fraction of sp³-hybridized carbons (Fsp3) is 0.304. The number of hydrogen-bond donors (Lipinski definition) is 1. The minimum Gasteiger partial charge on any atom is -0.497 e. The Kier molecular flexibility index (Phi) is 6.32. The largest absolute Gasteiger partial charge is 0.497 e. The first-order valence-corrected chi connectivity index (χ1v) is 12.1. The van der Waals surface area contributed by atoms with Crippen LogP contribution in [0.15, 0.2) is 52.3 Å². The SMILES string of the molecule is CCn1cc(C(=O)O)c(=O)c2cc(F)c(N3CCN(S(=O)(=O)c4ccc(OC)cc4)CC3)cc21. The lowest BCUT2D eigenvalue weighted by atomic mass is 10.1. The Morgan fingerprint density at radius 3 is 2.32 bits per heavy atom. The van der Waals surface area contributed by atoms with E-state index in [9.17, 15) is 23.1 Å². The molecule has 0 unspecified atom stereocenters. The van der Waals surface area contributed by atoms with Crippen LogP contribution < -0.4 is 15.1 Å². The second kappa shape index (κ2) is 9.07. The molecule has 34 heavy (non-hydrogen) atoms. The Bertz CT molecular complexity index is 1410. The molecule has 1 aliphatic heterocycles. The average molecular weight is 490 g/mol. The quantitative estimate of drug-likeness (QED) is 0.566. The van der Waals surface area contributed by atoms with Gasteiger partial charge in [-0.25, -0.2) is 17.6 Å². The molecule has 1 aliphatic rings. The molecule has 0 radical (unpaired) electrons. The highest BCUT2D eigenvalue weighted by Gasteiger charge is 2.30. The van der Waals surface area contributed by atoms with Crippen molar-refractivity contribution in [2.24, 2.45) is 0 Å². The minimum atomic E-state index is -3.71. The molecule has 0 atom stereocenters. The monoisotopic (exact) mass is 489 g/mol. The Morgan fingerprint density at radius 2 is 1.76 bits per heavy atom. The molecule has 0 bridgehead atoms. The Balaban J connectivity index is 1.62. The molecule has 1 saturated heterocycles. The van der Waals surface area contributed by atoms with Crippen LogP contribution in [0.5, 0.6) is 5.75 Å². The van der Waals surface area contributed by atoms with E-state index >= 15 is 4.39 Å². The molecule has 9 nitrogen and oxygen atoms in total. The van der Waals surface area contributed by atoms with E-state index in [1.165, 1.54) is 35.8 Å². The number of fused-ring (bicyclic) bond motifs is 1. The number of aromatic carboxylic acids is 1. The molecule has 11 heteroatoms. The topological polar surface area (TPSA) is 109 Å². The number of carboxylic acid groups (broad SMARTS) is 1. The Labute approximate surface area is 195 Å². The van der Waals surface area contributed by atoms with Gasteiger partial charge in [-0.05, 0) is 43.3 Å². The van der Waals surface area contributed by atoms with Crippen LogP contribution in [0.3, 0.4) is 0 Å². The summed E-state index contributed by atoms with van der Waals surface area (Å²) in [5, 5.41) is 9.29. The number of anilines is 1. The fourth-order valence-corrected chi connectivity index (χ4v) is 5.54. The van der Waals surface area contributed by atoms with Crippen LogP contribution in [0.1, 0.15) is 17.3 Å². The maximum atomic E-state index is 15.0. The molecule has 3 aromatic rings. The molecule has 4 rings (SSSR count). The number of aryl methyl sites for hydroxylation is 1. The van der Waals surface area contributed by atoms with Gasteiger partial charge in [0.1, 0.15) is 17.1 Å². The zero-order valence-corrected chi connectivity index (χ0v) is 19.5. The van der Waals surface area contributed by atoms with Crippen LogP contribution in [-0.4, -0.2) is 61.7 Å². The molecule has 1 N–H and O–H groups in total. The molecule has 1 fully saturated rings. The Hall–Kier alpha value is -3.44. The van der Waals surface area contributed by atoms with Crippen LogP contribution >= 0.6 is 0 Å². The van der Waals surface area contributed by atoms with E-state index in [2.05, 4.69) is 0 Å². The van der Waals surface area contributed by atoms with Crippen molar-refractivity contribution in [3.8, 4) is 5.75 Å². The number of rotatable bonds is 6. The summed E-state index contributed by atoms with van der Waals surface area (Å²) in [5.74, 6) is -1.48.